The van der Waals surface area contributed by atoms with E-state index < -0.39 is 17.9 Å². The van der Waals surface area contributed by atoms with Crippen LogP contribution in [0.5, 0.6) is 0 Å². The van der Waals surface area contributed by atoms with E-state index in [1.807, 2.05) is 20.8 Å². The first-order valence-corrected chi connectivity index (χ1v) is 5.71. The second kappa shape index (κ2) is 5.48. The van der Waals surface area contributed by atoms with Crippen LogP contribution < -0.4 is 10.6 Å². The van der Waals surface area contributed by atoms with Gasteiger partial charge in [-0.3, -0.25) is 0 Å². The van der Waals surface area contributed by atoms with Gasteiger partial charge in [-0.25, -0.2) is 9.18 Å². The first-order valence-electron chi connectivity index (χ1n) is 5.71. The zero-order chi connectivity index (χ0) is 12.2. The summed E-state index contributed by atoms with van der Waals surface area (Å²) in [5, 5.41) is 5.72. The quantitative estimate of drug-likeness (QED) is 0.760. The number of nitrogens with one attached hydrogen (secondary N) is 2. The van der Waals surface area contributed by atoms with Gasteiger partial charge >= 0.3 is 6.09 Å². The SMILES string of the molecule is CC(C)(C)OC(=O)NCC1CCC(F)CN1. The van der Waals surface area contributed by atoms with Crippen molar-refractivity contribution in [2.24, 2.45) is 0 Å². The average molecular weight is 232 g/mol. The van der Waals surface area contributed by atoms with Crippen LogP contribution in [0.25, 0.3) is 0 Å². The van der Waals surface area contributed by atoms with Crippen molar-refractivity contribution in [1.82, 2.24) is 10.6 Å². The number of halogens is 1. The number of hydrogen-bond acceptors (Lipinski definition) is 3. The summed E-state index contributed by atoms with van der Waals surface area (Å²) in [4.78, 5) is 11.3. The van der Waals surface area contributed by atoms with Gasteiger partial charge in [-0.05, 0) is 33.6 Å². The molecule has 1 aliphatic rings. The molecule has 5 heteroatoms. The molecule has 2 unspecified atom stereocenters. The number of rotatable bonds is 2. The fraction of sp³-hybridized carbons (Fsp3) is 0.909. The first kappa shape index (κ1) is 13.2. The maximum atomic E-state index is 12.8. The summed E-state index contributed by atoms with van der Waals surface area (Å²) in [5.74, 6) is 0. The van der Waals surface area contributed by atoms with Gasteiger partial charge in [0.15, 0.2) is 0 Å². The summed E-state index contributed by atoms with van der Waals surface area (Å²) in [5.41, 5.74) is -0.478. The lowest BCUT2D eigenvalue weighted by Crippen LogP contribution is -2.47. The minimum atomic E-state index is -0.752. The lowest BCUT2D eigenvalue weighted by atomic mass is 10.0. The van der Waals surface area contributed by atoms with Gasteiger partial charge in [-0.1, -0.05) is 0 Å². The second-order valence-electron chi connectivity index (χ2n) is 5.16. The Kier molecular flexibility index (Phi) is 4.53. The lowest BCUT2D eigenvalue weighted by Gasteiger charge is -2.26. The summed E-state index contributed by atoms with van der Waals surface area (Å²) < 4.78 is 17.9. The number of ether oxygens (including phenoxy) is 1. The van der Waals surface area contributed by atoms with Gasteiger partial charge in [-0.15, -0.1) is 0 Å². The molecule has 1 fully saturated rings. The summed E-state index contributed by atoms with van der Waals surface area (Å²) >= 11 is 0. The fourth-order valence-corrected chi connectivity index (χ4v) is 1.58. The molecule has 0 aromatic rings. The predicted octanol–water partition coefficient (Wildman–Crippen LogP) is 1.60. The highest BCUT2D eigenvalue weighted by molar-refractivity contribution is 5.67. The molecule has 94 valence electrons. The zero-order valence-corrected chi connectivity index (χ0v) is 10.2. The molecule has 0 aromatic heterocycles. The Morgan fingerprint density at radius 2 is 2.19 bits per heavy atom. The molecule has 16 heavy (non-hydrogen) atoms. The standard InChI is InChI=1S/C11H21FN2O2/c1-11(2,3)16-10(15)14-7-9-5-4-8(12)6-13-9/h8-9,13H,4-7H2,1-3H3,(H,14,15). The molecule has 1 aliphatic heterocycles. The van der Waals surface area contributed by atoms with Crippen molar-refractivity contribution in [2.45, 2.75) is 51.4 Å². The molecule has 1 rings (SSSR count). The molecular weight excluding hydrogens is 211 g/mol. The topological polar surface area (TPSA) is 50.4 Å². The molecule has 4 nitrogen and oxygen atoms in total. The minimum absolute atomic E-state index is 0.152. The van der Waals surface area contributed by atoms with Crippen molar-refractivity contribution in [1.29, 1.82) is 0 Å². The molecule has 0 aromatic carbocycles. The largest absolute Gasteiger partial charge is 0.444 e. The van der Waals surface area contributed by atoms with Crippen molar-refractivity contribution in [3.8, 4) is 0 Å². The van der Waals surface area contributed by atoms with Gasteiger partial charge in [0.05, 0.1) is 0 Å². The molecule has 0 saturated carbocycles. The molecule has 2 N–H and O–H groups in total. The number of alkyl halides is 1. The van der Waals surface area contributed by atoms with E-state index >= 15 is 0 Å². The van der Waals surface area contributed by atoms with E-state index in [-0.39, 0.29) is 6.04 Å². The van der Waals surface area contributed by atoms with E-state index in [2.05, 4.69) is 10.6 Å². The zero-order valence-electron chi connectivity index (χ0n) is 10.2. The van der Waals surface area contributed by atoms with Crippen molar-refractivity contribution in [2.75, 3.05) is 13.1 Å². The van der Waals surface area contributed by atoms with E-state index in [9.17, 15) is 9.18 Å². The highest BCUT2D eigenvalue weighted by Crippen LogP contribution is 2.10. The van der Waals surface area contributed by atoms with E-state index in [0.29, 0.717) is 19.5 Å². The third kappa shape index (κ3) is 5.30. The van der Waals surface area contributed by atoms with Crippen LogP contribution in [0.4, 0.5) is 9.18 Å². The normalized spacial score (nSPS) is 26.2. The fourth-order valence-electron chi connectivity index (χ4n) is 1.58. The molecule has 0 radical (unpaired) electrons. The molecule has 0 spiro atoms. The molecule has 1 amide bonds. The summed E-state index contributed by atoms with van der Waals surface area (Å²) in [7, 11) is 0. The third-order valence-electron chi connectivity index (χ3n) is 2.35. The monoisotopic (exact) mass is 232 g/mol. The van der Waals surface area contributed by atoms with Crippen LogP contribution in [-0.4, -0.2) is 37.0 Å². The molecule has 0 aliphatic carbocycles. The maximum Gasteiger partial charge on any atom is 0.407 e. The second-order valence-corrected chi connectivity index (χ2v) is 5.16. The van der Waals surface area contributed by atoms with Crippen LogP contribution in [0, 0.1) is 0 Å². The Hall–Kier alpha value is -0.840. The summed E-state index contributed by atoms with van der Waals surface area (Å²) in [6.07, 6.45) is 0.138. The minimum Gasteiger partial charge on any atom is -0.444 e. The van der Waals surface area contributed by atoms with Crippen LogP contribution >= 0.6 is 0 Å². The molecule has 1 heterocycles. The third-order valence-corrected chi connectivity index (χ3v) is 2.35. The molecule has 0 bridgehead atoms. The van der Waals surface area contributed by atoms with Crippen molar-refractivity contribution < 1.29 is 13.9 Å². The Labute approximate surface area is 95.9 Å². The van der Waals surface area contributed by atoms with Gasteiger partial charge in [-0.2, -0.15) is 0 Å². The Morgan fingerprint density at radius 3 is 2.69 bits per heavy atom. The van der Waals surface area contributed by atoms with Gasteiger partial charge < -0.3 is 15.4 Å². The number of amides is 1. The van der Waals surface area contributed by atoms with Gasteiger partial charge in [0.2, 0.25) is 0 Å². The number of hydrogen-bond donors (Lipinski definition) is 2. The Morgan fingerprint density at radius 1 is 1.50 bits per heavy atom. The van der Waals surface area contributed by atoms with Crippen LogP contribution in [0.1, 0.15) is 33.6 Å². The summed E-state index contributed by atoms with van der Waals surface area (Å²) in [6.45, 7) is 6.32. The molecular formula is C11H21FN2O2. The van der Waals surface area contributed by atoms with E-state index in [1.54, 1.807) is 0 Å². The highest BCUT2D eigenvalue weighted by atomic mass is 19.1. The summed E-state index contributed by atoms with van der Waals surface area (Å²) in [6, 6.07) is 0.152. The van der Waals surface area contributed by atoms with Gasteiger partial charge in [0, 0.05) is 19.1 Å². The lowest BCUT2D eigenvalue weighted by molar-refractivity contribution is 0.0519. The smallest absolute Gasteiger partial charge is 0.407 e. The van der Waals surface area contributed by atoms with Crippen molar-refractivity contribution >= 4 is 6.09 Å². The van der Waals surface area contributed by atoms with E-state index in [1.165, 1.54) is 0 Å². The maximum absolute atomic E-state index is 12.8. The van der Waals surface area contributed by atoms with Gasteiger partial charge in [0.25, 0.3) is 0 Å². The number of alkyl carbamates (subject to hydrolysis) is 1. The Bertz CT molecular complexity index is 233. The van der Waals surface area contributed by atoms with Crippen LogP contribution in [0.3, 0.4) is 0 Å². The molecule has 2 atom stereocenters. The van der Waals surface area contributed by atoms with Crippen molar-refractivity contribution in [3.05, 3.63) is 0 Å². The predicted molar refractivity (Wildman–Crippen MR) is 60.2 cm³/mol. The highest BCUT2D eigenvalue weighted by Gasteiger charge is 2.21. The number of carbonyl (C=O) groups is 1. The van der Waals surface area contributed by atoms with E-state index in [0.717, 1.165) is 6.42 Å². The first-order chi connectivity index (χ1) is 7.37. The number of piperidine rings is 1. The van der Waals surface area contributed by atoms with E-state index in [4.69, 9.17) is 4.74 Å². The van der Waals surface area contributed by atoms with Crippen LogP contribution in [0.2, 0.25) is 0 Å². The average Bonchev–Trinajstić information content (AvgIpc) is 2.14. The Balaban J connectivity index is 2.17. The number of carbonyl (C=O) groups excluding carboxylic acids is 1. The van der Waals surface area contributed by atoms with Gasteiger partial charge in [0.1, 0.15) is 11.8 Å². The van der Waals surface area contributed by atoms with Crippen LogP contribution in [-0.2, 0) is 4.74 Å². The molecule has 1 saturated heterocycles. The van der Waals surface area contributed by atoms with Crippen molar-refractivity contribution in [3.63, 3.8) is 0 Å². The van der Waals surface area contributed by atoms with Crippen LogP contribution in [0.15, 0.2) is 0 Å².